The number of furan rings is 1. The minimum atomic E-state index is -0.430. The number of hydrazine groups is 1. The van der Waals surface area contributed by atoms with E-state index in [0.717, 1.165) is 11.3 Å². The molecule has 5 heteroatoms. The van der Waals surface area contributed by atoms with Gasteiger partial charge in [-0.25, -0.2) is 9.82 Å². The van der Waals surface area contributed by atoms with Gasteiger partial charge >= 0.3 is 0 Å². The maximum atomic E-state index is 13.3. The molecule has 1 aromatic heterocycles. The van der Waals surface area contributed by atoms with E-state index < -0.39 is 5.82 Å². The molecule has 96 valence electrons. The molecule has 3 N–H and O–H groups in total. The van der Waals surface area contributed by atoms with Gasteiger partial charge in [0.25, 0.3) is 0 Å². The Balaban J connectivity index is 2.26. The van der Waals surface area contributed by atoms with Gasteiger partial charge in [0.05, 0.1) is 17.3 Å². The third-order valence-electron chi connectivity index (χ3n) is 2.87. The standard InChI is InChI=1S/C13H14ClFN2O/c1-8-5-6-18-13(8)11(17-16)7-9-3-2-4-10(15)12(9)14/h2-6,11,17H,7,16H2,1H3. The Morgan fingerprint density at radius 2 is 2.22 bits per heavy atom. The van der Waals surface area contributed by atoms with Crippen molar-refractivity contribution in [3.05, 3.63) is 58.3 Å². The highest BCUT2D eigenvalue weighted by Gasteiger charge is 2.18. The van der Waals surface area contributed by atoms with E-state index in [1.54, 1.807) is 18.4 Å². The quantitative estimate of drug-likeness (QED) is 0.662. The van der Waals surface area contributed by atoms with Crippen LogP contribution in [-0.2, 0) is 6.42 Å². The predicted octanol–water partition coefficient (Wildman–Crippen LogP) is 3.13. The molecular formula is C13H14ClFN2O. The van der Waals surface area contributed by atoms with Crippen LogP contribution in [0.2, 0.25) is 5.02 Å². The Hall–Kier alpha value is -1.36. The minimum absolute atomic E-state index is 0.127. The van der Waals surface area contributed by atoms with Crippen LogP contribution in [0.4, 0.5) is 4.39 Å². The molecular weight excluding hydrogens is 255 g/mol. The normalized spacial score (nSPS) is 12.7. The summed E-state index contributed by atoms with van der Waals surface area (Å²) in [6.45, 7) is 1.93. The van der Waals surface area contributed by atoms with Gasteiger partial charge in [-0.3, -0.25) is 5.84 Å². The highest BCUT2D eigenvalue weighted by molar-refractivity contribution is 6.31. The van der Waals surface area contributed by atoms with Crippen LogP contribution in [0.1, 0.15) is 22.9 Å². The average Bonchev–Trinajstić information content (AvgIpc) is 2.77. The maximum Gasteiger partial charge on any atom is 0.142 e. The first-order valence-electron chi connectivity index (χ1n) is 5.56. The summed E-state index contributed by atoms with van der Waals surface area (Å²) < 4.78 is 18.7. The minimum Gasteiger partial charge on any atom is -0.467 e. The van der Waals surface area contributed by atoms with E-state index in [9.17, 15) is 4.39 Å². The summed E-state index contributed by atoms with van der Waals surface area (Å²) in [7, 11) is 0. The van der Waals surface area contributed by atoms with Gasteiger partial charge in [-0.15, -0.1) is 0 Å². The zero-order chi connectivity index (χ0) is 13.1. The van der Waals surface area contributed by atoms with Crippen molar-refractivity contribution in [2.75, 3.05) is 0 Å². The Morgan fingerprint density at radius 3 is 2.83 bits per heavy atom. The van der Waals surface area contributed by atoms with Crippen LogP contribution in [0.15, 0.2) is 34.9 Å². The summed E-state index contributed by atoms with van der Waals surface area (Å²) in [6, 6.07) is 6.34. The zero-order valence-corrected chi connectivity index (χ0v) is 10.7. The van der Waals surface area contributed by atoms with Crippen LogP contribution in [0.3, 0.4) is 0 Å². The molecule has 0 spiro atoms. The van der Waals surface area contributed by atoms with Crippen molar-refractivity contribution in [1.29, 1.82) is 0 Å². The first-order valence-corrected chi connectivity index (χ1v) is 5.94. The third-order valence-corrected chi connectivity index (χ3v) is 3.30. The molecule has 1 heterocycles. The summed E-state index contributed by atoms with van der Waals surface area (Å²) in [6.07, 6.45) is 2.06. The van der Waals surface area contributed by atoms with Crippen LogP contribution < -0.4 is 11.3 Å². The molecule has 1 atom stereocenters. The molecule has 0 bridgehead atoms. The van der Waals surface area contributed by atoms with Gasteiger partial charge in [-0.1, -0.05) is 23.7 Å². The van der Waals surface area contributed by atoms with E-state index in [1.165, 1.54) is 6.07 Å². The first-order chi connectivity index (χ1) is 8.63. The second-order valence-corrected chi connectivity index (χ2v) is 4.48. The summed E-state index contributed by atoms with van der Waals surface area (Å²) in [5.41, 5.74) is 4.35. The summed E-state index contributed by atoms with van der Waals surface area (Å²) in [5.74, 6) is 5.83. The lowest BCUT2D eigenvalue weighted by Gasteiger charge is -2.15. The Morgan fingerprint density at radius 1 is 1.44 bits per heavy atom. The van der Waals surface area contributed by atoms with Gasteiger partial charge in [-0.05, 0) is 36.6 Å². The molecule has 0 amide bonds. The Kier molecular flexibility index (Phi) is 4.01. The van der Waals surface area contributed by atoms with Gasteiger partial charge in [-0.2, -0.15) is 0 Å². The largest absolute Gasteiger partial charge is 0.467 e. The molecule has 0 aliphatic rings. The number of benzene rings is 1. The number of nitrogens with one attached hydrogen (secondary N) is 1. The third kappa shape index (κ3) is 2.56. The van der Waals surface area contributed by atoms with Crippen LogP contribution in [0, 0.1) is 12.7 Å². The lowest BCUT2D eigenvalue weighted by Crippen LogP contribution is -2.29. The highest BCUT2D eigenvalue weighted by atomic mass is 35.5. The average molecular weight is 269 g/mol. The lowest BCUT2D eigenvalue weighted by atomic mass is 10.0. The van der Waals surface area contributed by atoms with Crippen LogP contribution >= 0.6 is 11.6 Å². The second kappa shape index (κ2) is 5.52. The topological polar surface area (TPSA) is 51.2 Å². The van der Waals surface area contributed by atoms with E-state index in [1.807, 2.05) is 13.0 Å². The fourth-order valence-corrected chi connectivity index (χ4v) is 2.10. The van der Waals surface area contributed by atoms with Crippen molar-refractivity contribution in [3.8, 4) is 0 Å². The number of halogens is 2. The highest BCUT2D eigenvalue weighted by Crippen LogP contribution is 2.27. The van der Waals surface area contributed by atoms with Gasteiger partial charge in [0.15, 0.2) is 0 Å². The molecule has 0 saturated heterocycles. The smallest absolute Gasteiger partial charge is 0.142 e. The molecule has 3 nitrogen and oxygen atoms in total. The molecule has 1 aromatic carbocycles. The lowest BCUT2D eigenvalue weighted by molar-refractivity contribution is 0.413. The molecule has 2 aromatic rings. The fourth-order valence-electron chi connectivity index (χ4n) is 1.89. The molecule has 0 fully saturated rings. The second-order valence-electron chi connectivity index (χ2n) is 4.10. The van der Waals surface area contributed by atoms with Crippen molar-refractivity contribution >= 4 is 11.6 Å². The molecule has 1 unspecified atom stereocenters. The molecule has 0 saturated carbocycles. The van der Waals surface area contributed by atoms with E-state index in [2.05, 4.69) is 5.43 Å². The summed E-state index contributed by atoms with van der Waals surface area (Å²) in [5, 5.41) is 0.127. The van der Waals surface area contributed by atoms with E-state index >= 15 is 0 Å². The van der Waals surface area contributed by atoms with Gasteiger partial charge < -0.3 is 4.42 Å². The van der Waals surface area contributed by atoms with Crippen molar-refractivity contribution < 1.29 is 8.81 Å². The summed E-state index contributed by atoms with van der Waals surface area (Å²) in [4.78, 5) is 0. The zero-order valence-electron chi connectivity index (χ0n) is 9.91. The van der Waals surface area contributed by atoms with Crippen molar-refractivity contribution in [2.24, 2.45) is 5.84 Å². The number of aryl methyl sites for hydroxylation is 1. The molecule has 0 aliphatic carbocycles. The first kappa shape index (κ1) is 13.1. The monoisotopic (exact) mass is 268 g/mol. The molecule has 2 rings (SSSR count). The summed E-state index contributed by atoms with van der Waals surface area (Å²) >= 11 is 5.92. The SMILES string of the molecule is Cc1ccoc1C(Cc1cccc(F)c1Cl)NN. The van der Waals surface area contributed by atoms with Crippen LogP contribution in [0.25, 0.3) is 0 Å². The molecule has 18 heavy (non-hydrogen) atoms. The van der Waals surface area contributed by atoms with Crippen molar-refractivity contribution in [2.45, 2.75) is 19.4 Å². The number of nitrogens with two attached hydrogens (primary N) is 1. The van der Waals surface area contributed by atoms with Gasteiger partial charge in [0.2, 0.25) is 0 Å². The van der Waals surface area contributed by atoms with Crippen molar-refractivity contribution in [3.63, 3.8) is 0 Å². The van der Waals surface area contributed by atoms with Crippen LogP contribution in [0.5, 0.6) is 0 Å². The fraction of sp³-hybridized carbons (Fsp3) is 0.231. The van der Waals surface area contributed by atoms with E-state index in [-0.39, 0.29) is 11.1 Å². The predicted molar refractivity (Wildman–Crippen MR) is 68.6 cm³/mol. The number of hydrogen-bond acceptors (Lipinski definition) is 3. The van der Waals surface area contributed by atoms with Gasteiger partial charge in [0, 0.05) is 0 Å². The van der Waals surface area contributed by atoms with Crippen LogP contribution in [-0.4, -0.2) is 0 Å². The molecule has 0 aliphatic heterocycles. The van der Waals surface area contributed by atoms with Gasteiger partial charge in [0.1, 0.15) is 11.6 Å². The molecule has 0 radical (unpaired) electrons. The van der Waals surface area contributed by atoms with Crippen molar-refractivity contribution in [1.82, 2.24) is 5.43 Å². The van der Waals surface area contributed by atoms with E-state index in [0.29, 0.717) is 12.0 Å². The number of hydrogen-bond donors (Lipinski definition) is 2. The maximum absolute atomic E-state index is 13.3. The van der Waals surface area contributed by atoms with E-state index in [4.69, 9.17) is 21.9 Å². The Labute approximate surface area is 110 Å². The number of rotatable bonds is 4. The Bertz CT molecular complexity index is 542.